The van der Waals surface area contributed by atoms with Crippen LogP contribution in [-0.4, -0.2) is 64.3 Å². The molecule has 6 rings (SSSR count). The van der Waals surface area contributed by atoms with Crippen molar-refractivity contribution in [2.45, 2.75) is 12.5 Å². The smallest absolute Gasteiger partial charge is 0.210 e. The number of carbonyl (C=O) groups excluding carboxylic acids is 1. The lowest BCUT2D eigenvalue weighted by atomic mass is 10.0. The SMILES string of the molecule is CN1CCN(C=O)C(c2ccc(-n3cnnc3-c3cc4c(s3)-c3ccccc3OCC4)c(Cl)c2)C1. The number of ether oxygens (including phenoxy) is 1. The van der Waals surface area contributed by atoms with E-state index in [2.05, 4.69) is 34.3 Å². The fourth-order valence-corrected chi connectivity index (χ4v) is 6.37. The third-order valence-corrected chi connectivity index (χ3v) is 8.22. The molecule has 1 unspecified atom stereocenters. The molecule has 1 fully saturated rings. The Hall–Kier alpha value is -3.20. The van der Waals surface area contributed by atoms with E-state index >= 15 is 0 Å². The molecular weight excluding hydrogens is 482 g/mol. The van der Waals surface area contributed by atoms with E-state index in [1.54, 1.807) is 17.7 Å². The molecule has 9 heteroatoms. The highest BCUT2D eigenvalue weighted by Gasteiger charge is 2.27. The van der Waals surface area contributed by atoms with Crippen molar-refractivity contribution in [3.8, 4) is 32.6 Å². The lowest BCUT2D eigenvalue weighted by Gasteiger charge is -2.38. The van der Waals surface area contributed by atoms with Crippen molar-refractivity contribution in [3.05, 3.63) is 71.0 Å². The summed E-state index contributed by atoms with van der Waals surface area (Å²) in [5.74, 6) is 1.67. The van der Waals surface area contributed by atoms with Crippen molar-refractivity contribution < 1.29 is 9.53 Å². The van der Waals surface area contributed by atoms with Crippen molar-refractivity contribution in [1.29, 1.82) is 0 Å². The maximum Gasteiger partial charge on any atom is 0.210 e. The van der Waals surface area contributed by atoms with Crippen LogP contribution < -0.4 is 4.74 Å². The quantitative estimate of drug-likeness (QED) is 0.376. The molecule has 0 spiro atoms. The first-order valence-electron chi connectivity index (χ1n) is 11.6. The van der Waals surface area contributed by atoms with Gasteiger partial charge in [0.1, 0.15) is 12.1 Å². The number of benzene rings is 2. The number of halogens is 1. The van der Waals surface area contributed by atoms with Crippen LogP contribution in [0.5, 0.6) is 5.75 Å². The van der Waals surface area contributed by atoms with Gasteiger partial charge in [-0.25, -0.2) is 0 Å². The minimum absolute atomic E-state index is 0.0200. The second-order valence-corrected chi connectivity index (χ2v) is 10.4. The molecule has 2 aromatic carbocycles. The molecule has 0 radical (unpaired) electrons. The number of likely N-dealkylation sites (N-methyl/N-ethyl adjacent to an activating group) is 1. The Bertz CT molecular complexity index is 1400. The predicted molar refractivity (Wildman–Crippen MR) is 137 cm³/mol. The summed E-state index contributed by atoms with van der Waals surface area (Å²) in [6.45, 7) is 3.00. The first-order valence-corrected chi connectivity index (χ1v) is 12.8. The van der Waals surface area contributed by atoms with Crippen LogP contribution in [0.2, 0.25) is 5.02 Å². The van der Waals surface area contributed by atoms with E-state index in [9.17, 15) is 4.79 Å². The number of carbonyl (C=O) groups is 1. The summed E-state index contributed by atoms with van der Waals surface area (Å²) in [5.41, 5.74) is 4.19. The summed E-state index contributed by atoms with van der Waals surface area (Å²) in [4.78, 5) is 17.9. The zero-order valence-electron chi connectivity index (χ0n) is 19.2. The van der Waals surface area contributed by atoms with Crippen molar-refractivity contribution >= 4 is 29.3 Å². The predicted octanol–water partition coefficient (Wildman–Crippen LogP) is 4.70. The highest BCUT2D eigenvalue weighted by Crippen LogP contribution is 2.43. The molecule has 1 atom stereocenters. The van der Waals surface area contributed by atoms with Gasteiger partial charge in [0.05, 0.1) is 28.2 Å². The van der Waals surface area contributed by atoms with E-state index in [0.29, 0.717) is 18.2 Å². The highest BCUT2D eigenvalue weighted by atomic mass is 35.5. The van der Waals surface area contributed by atoms with Crippen LogP contribution in [0.4, 0.5) is 0 Å². The maximum absolute atomic E-state index is 11.6. The van der Waals surface area contributed by atoms with Crippen molar-refractivity contribution in [2.75, 3.05) is 33.3 Å². The van der Waals surface area contributed by atoms with E-state index < -0.39 is 0 Å². The minimum atomic E-state index is -0.0200. The molecule has 1 saturated heterocycles. The van der Waals surface area contributed by atoms with Crippen LogP contribution in [0, 0.1) is 0 Å². The van der Waals surface area contributed by atoms with Gasteiger partial charge >= 0.3 is 0 Å². The topological polar surface area (TPSA) is 63.5 Å². The first-order chi connectivity index (χ1) is 17.1. The molecule has 0 bridgehead atoms. The first kappa shape index (κ1) is 22.3. The molecule has 0 saturated carbocycles. The Morgan fingerprint density at radius 2 is 2.06 bits per heavy atom. The summed E-state index contributed by atoms with van der Waals surface area (Å²) in [5, 5.41) is 9.25. The van der Waals surface area contributed by atoms with E-state index in [1.807, 2.05) is 45.9 Å². The van der Waals surface area contributed by atoms with Crippen LogP contribution in [0.25, 0.3) is 26.8 Å². The minimum Gasteiger partial charge on any atom is -0.493 e. The molecule has 1 amide bonds. The molecule has 7 nitrogen and oxygen atoms in total. The molecule has 178 valence electrons. The number of aromatic nitrogens is 3. The number of thiophene rings is 1. The van der Waals surface area contributed by atoms with Crippen LogP contribution in [-0.2, 0) is 11.2 Å². The van der Waals surface area contributed by atoms with E-state index in [4.69, 9.17) is 16.3 Å². The second kappa shape index (κ2) is 9.11. The summed E-state index contributed by atoms with van der Waals surface area (Å²) in [7, 11) is 2.07. The molecule has 4 heterocycles. The van der Waals surface area contributed by atoms with Crippen molar-refractivity contribution in [2.24, 2.45) is 0 Å². The van der Waals surface area contributed by atoms with Gasteiger partial charge in [-0.15, -0.1) is 21.5 Å². The van der Waals surface area contributed by atoms with E-state index in [1.165, 1.54) is 10.4 Å². The van der Waals surface area contributed by atoms with Gasteiger partial charge in [0, 0.05) is 36.5 Å². The average Bonchev–Trinajstić information content (AvgIpc) is 3.48. The standard InChI is InChI=1S/C26H24ClN5O2S/c1-30-9-10-31(16-33)22(14-30)17-6-7-21(20(27)12-17)32-15-28-29-26(32)24-13-18-8-11-34-23-5-3-2-4-19(23)25(18)35-24/h2-7,12-13,15-16,22H,8-11,14H2,1H3. The van der Waals surface area contributed by atoms with Crippen LogP contribution in [0.1, 0.15) is 17.2 Å². The molecule has 2 aromatic heterocycles. The normalized spacial score (nSPS) is 17.9. The Morgan fingerprint density at radius 1 is 1.17 bits per heavy atom. The van der Waals surface area contributed by atoms with Crippen LogP contribution in [0.3, 0.4) is 0 Å². The zero-order chi connectivity index (χ0) is 23.9. The van der Waals surface area contributed by atoms with Crippen molar-refractivity contribution in [1.82, 2.24) is 24.6 Å². The monoisotopic (exact) mass is 505 g/mol. The Labute approximate surface area is 212 Å². The number of hydrogen-bond donors (Lipinski definition) is 0. The van der Waals surface area contributed by atoms with Crippen LogP contribution >= 0.6 is 22.9 Å². The fraction of sp³-hybridized carbons (Fsp3) is 0.269. The molecule has 2 aliphatic heterocycles. The Balaban J connectivity index is 1.36. The average molecular weight is 506 g/mol. The second-order valence-electron chi connectivity index (χ2n) is 8.92. The van der Waals surface area contributed by atoms with Gasteiger partial charge in [-0.2, -0.15) is 0 Å². The Morgan fingerprint density at radius 3 is 2.91 bits per heavy atom. The number of para-hydroxylation sites is 1. The van der Waals surface area contributed by atoms with E-state index in [0.717, 1.165) is 59.2 Å². The summed E-state index contributed by atoms with van der Waals surface area (Å²) < 4.78 is 7.87. The largest absolute Gasteiger partial charge is 0.493 e. The summed E-state index contributed by atoms with van der Waals surface area (Å²) >= 11 is 8.50. The number of rotatable bonds is 4. The van der Waals surface area contributed by atoms with Crippen LogP contribution in [0.15, 0.2) is 54.9 Å². The maximum atomic E-state index is 11.6. The van der Waals surface area contributed by atoms with Crippen molar-refractivity contribution in [3.63, 3.8) is 0 Å². The van der Waals surface area contributed by atoms with E-state index in [-0.39, 0.29) is 6.04 Å². The third-order valence-electron chi connectivity index (χ3n) is 6.71. The number of amides is 1. The molecular formula is C26H24ClN5O2S. The van der Waals surface area contributed by atoms with Gasteiger partial charge in [-0.3, -0.25) is 9.36 Å². The summed E-state index contributed by atoms with van der Waals surface area (Å²) in [6, 6.07) is 16.3. The van der Waals surface area contributed by atoms with Gasteiger partial charge < -0.3 is 14.5 Å². The number of hydrogen-bond acceptors (Lipinski definition) is 6. The third kappa shape index (κ3) is 4.01. The molecule has 0 N–H and O–H groups in total. The Kier molecular flexibility index (Phi) is 5.80. The number of fused-ring (bicyclic) bond motifs is 3. The van der Waals surface area contributed by atoms with Gasteiger partial charge in [0.15, 0.2) is 5.82 Å². The number of nitrogens with zero attached hydrogens (tertiary/aromatic N) is 5. The van der Waals surface area contributed by atoms with Gasteiger partial charge in [0.2, 0.25) is 6.41 Å². The van der Waals surface area contributed by atoms with Gasteiger partial charge in [-0.1, -0.05) is 29.8 Å². The fourth-order valence-electron chi connectivity index (χ4n) is 4.87. The lowest BCUT2D eigenvalue weighted by molar-refractivity contribution is -0.122. The molecule has 0 aliphatic carbocycles. The molecule has 2 aliphatic rings. The van der Waals surface area contributed by atoms with Gasteiger partial charge in [-0.05, 0) is 48.5 Å². The molecule has 35 heavy (non-hydrogen) atoms. The highest BCUT2D eigenvalue weighted by molar-refractivity contribution is 7.19. The lowest BCUT2D eigenvalue weighted by Crippen LogP contribution is -2.46. The molecule has 4 aromatic rings. The zero-order valence-corrected chi connectivity index (χ0v) is 20.8. The number of piperazine rings is 1. The summed E-state index contributed by atoms with van der Waals surface area (Å²) in [6.07, 6.45) is 3.47. The van der Waals surface area contributed by atoms with Gasteiger partial charge in [0.25, 0.3) is 0 Å².